The zero-order valence-electron chi connectivity index (χ0n) is 9.87. The molecule has 0 spiro atoms. The maximum Gasteiger partial charge on any atom is 0.407 e. The van der Waals surface area contributed by atoms with E-state index in [1.807, 2.05) is 0 Å². The van der Waals surface area contributed by atoms with Crippen molar-refractivity contribution < 1.29 is 19.1 Å². The van der Waals surface area contributed by atoms with Gasteiger partial charge in [0.05, 0.1) is 13.2 Å². The van der Waals surface area contributed by atoms with E-state index in [9.17, 15) is 9.59 Å². The van der Waals surface area contributed by atoms with Crippen LogP contribution >= 0.6 is 0 Å². The molecule has 0 rings (SSSR count). The monoisotopic (exact) mass is 217 g/mol. The largest absolute Gasteiger partial charge is 0.453 e. The first kappa shape index (κ1) is 13.9. The van der Waals surface area contributed by atoms with Crippen molar-refractivity contribution in [2.75, 3.05) is 14.2 Å². The van der Waals surface area contributed by atoms with Crippen LogP contribution in [0.5, 0.6) is 0 Å². The first-order valence-electron chi connectivity index (χ1n) is 4.85. The van der Waals surface area contributed by atoms with E-state index in [0.717, 1.165) is 0 Å². The number of amides is 1. The molecule has 0 heterocycles. The number of ketones is 1. The Bertz CT molecular complexity index is 227. The van der Waals surface area contributed by atoms with Gasteiger partial charge in [0.1, 0.15) is 6.04 Å². The SMILES string of the molecule is COC(=O)NC(C(=O)C(C)C)C(C)OC. The number of carbonyl (C=O) groups is 2. The Morgan fingerprint density at radius 3 is 2.00 bits per heavy atom. The summed E-state index contributed by atoms with van der Waals surface area (Å²) in [7, 11) is 2.74. The van der Waals surface area contributed by atoms with Gasteiger partial charge in [-0.15, -0.1) is 0 Å². The number of methoxy groups -OCH3 is 2. The number of ether oxygens (including phenoxy) is 2. The molecule has 2 atom stereocenters. The molecule has 2 unspecified atom stereocenters. The summed E-state index contributed by atoms with van der Waals surface area (Å²) in [5.41, 5.74) is 0. The summed E-state index contributed by atoms with van der Waals surface area (Å²) in [5, 5.41) is 2.46. The average molecular weight is 217 g/mol. The van der Waals surface area contributed by atoms with Gasteiger partial charge in [0.2, 0.25) is 0 Å². The minimum Gasteiger partial charge on any atom is -0.453 e. The number of Topliss-reactive ketones (excluding diaryl/α,β-unsaturated/α-hetero) is 1. The molecule has 0 aliphatic heterocycles. The van der Waals surface area contributed by atoms with Crippen molar-refractivity contribution in [3.05, 3.63) is 0 Å². The number of hydrogen-bond acceptors (Lipinski definition) is 4. The van der Waals surface area contributed by atoms with Gasteiger partial charge in [-0.25, -0.2) is 4.79 Å². The zero-order valence-corrected chi connectivity index (χ0v) is 9.87. The molecule has 0 aromatic rings. The van der Waals surface area contributed by atoms with Crippen molar-refractivity contribution in [3.8, 4) is 0 Å². The van der Waals surface area contributed by atoms with Crippen LogP contribution in [0.3, 0.4) is 0 Å². The fourth-order valence-corrected chi connectivity index (χ4v) is 1.10. The minimum absolute atomic E-state index is 0.0743. The van der Waals surface area contributed by atoms with E-state index < -0.39 is 12.1 Å². The van der Waals surface area contributed by atoms with Crippen LogP contribution in [-0.2, 0) is 14.3 Å². The summed E-state index contributed by atoms with van der Waals surface area (Å²) in [6, 6.07) is -0.664. The molecule has 0 saturated heterocycles. The molecular weight excluding hydrogens is 198 g/mol. The van der Waals surface area contributed by atoms with Gasteiger partial charge in [0.15, 0.2) is 5.78 Å². The first-order valence-corrected chi connectivity index (χ1v) is 4.85. The number of rotatable bonds is 5. The van der Waals surface area contributed by atoms with Crippen molar-refractivity contribution >= 4 is 11.9 Å². The van der Waals surface area contributed by atoms with Crippen LogP contribution in [0.15, 0.2) is 0 Å². The second kappa shape index (κ2) is 6.40. The zero-order chi connectivity index (χ0) is 12.0. The standard InChI is InChI=1S/C10H19NO4/c1-6(2)9(12)8(7(3)14-4)11-10(13)15-5/h6-8H,1-5H3,(H,11,13). The molecule has 0 saturated carbocycles. The molecule has 1 N–H and O–H groups in total. The maximum atomic E-state index is 11.7. The molecule has 0 aliphatic carbocycles. The molecule has 5 heteroatoms. The molecular formula is C10H19NO4. The molecule has 0 aromatic heterocycles. The van der Waals surface area contributed by atoms with E-state index in [2.05, 4.69) is 10.1 Å². The smallest absolute Gasteiger partial charge is 0.407 e. The van der Waals surface area contributed by atoms with Crippen LogP contribution in [0.4, 0.5) is 4.79 Å². The van der Waals surface area contributed by atoms with Gasteiger partial charge < -0.3 is 14.8 Å². The third kappa shape index (κ3) is 4.29. The molecule has 15 heavy (non-hydrogen) atoms. The van der Waals surface area contributed by atoms with E-state index in [1.54, 1.807) is 20.8 Å². The Morgan fingerprint density at radius 1 is 1.13 bits per heavy atom. The highest BCUT2D eigenvalue weighted by molar-refractivity contribution is 5.89. The van der Waals surface area contributed by atoms with E-state index in [-0.39, 0.29) is 17.8 Å². The Kier molecular flexibility index (Phi) is 5.93. The van der Waals surface area contributed by atoms with Crippen molar-refractivity contribution in [2.24, 2.45) is 5.92 Å². The van der Waals surface area contributed by atoms with E-state index in [4.69, 9.17) is 4.74 Å². The maximum absolute atomic E-state index is 11.7. The van der Waals surface area contributed by atoms with E-state index >= 15 is 0 Å². The Morgan fingerprint density at radius 2 is 1.67 bits per heavy atom. The lowest BCUT2D eigenvalue weighted by Gasteiger charge is -2.23. The van der Waals surface area contributed by atoms with E-state index in [0.29, 0.717) is 0 Å². The Labute approximate surface area is 90.1 Å². The molecule has 0 aliphatic rings. The Balaban J connectivity index is 4.58. The lowest BCUT2D eigenvalue weighted by molar-refractivity contribution is -0.126. The highest BCUT2D eigenvalue weighted by atomic mass is 16.5. The van der Waals surface area contributed by atoms with Gasteiger partial charge in [-0.1, -0.05) is 13.8 Å². The fourth-order valence-electron chi connectivity index (χ4n) is 1.10. The second-order valence-corrected chi connectivity index (χ2v) is 3.61. The van der Waals surface area contributed by atoms with Crippen molar-refractivity contribution in [1.82, 2.24) is 5.32 Å². The van der Waals surface area contributed by atoms with Crippen LogP contribution in [0.1, 0.15) is 20.8 Å². The third-order valence-corrected chi connectivity index (χ3v) is 2.18. The van der Waals surface area contributed by atoms with Crippen LogP contribution in [0.2, 0.25) is 0 Å². The summed E-state index contributed by atoms with van der Waals surface area (Å²) in [6.45, 7) is 5.27. The van der Waals surface area contributed by atoms with Crippen molar-refractivity contribution in [3.63, 3.8) is 0 Å². The normalized spacial score (nSPS) is 14.5. The van der Waals surface area contributed by atoms with Crippen LogP contribution in [0, 0.1) is 5.92 Å². The van der Waals surface area contributed by atoms with Crippen molar-refractivity contribution in [2.45, 2.75) is 32.9 Å². The minimum atomic E-state index is -0.664. The molecule has 0 bridgehead atoms. The van der Waals surface area contributed by atoms with Crippen molar-refractivity contribution in [1.29, 1.82) is 0 Å². The first-order chi connectivity index (χ1) is 6.93. The summed E-state index contributed by atoms with van der Waals surface area (Å²) in [4.78, 5) is 22.8. The van der Waals surface area contributed by atoms with Crippen LogP contribution in [-0.4, -0.2) is 38.2 Å². The van der Waals surface area contributed by atoms with Gasteiger partial charge in [-0.3, -0.25) is 4.79 Å². The quantitative estimate of drug-likeness (QED) is 0.745. The predicted molar refractivity (Wildman–Crippen MR) is 55.6 cm³/mol. The van der Waals surface area contributed by atoms with Gasteiger partial charge in [0, 0.05) is 13.0 Å². The van der Waals surface area contributed by atoms with Gasteiger partial charge >= 0.3 is 6.09 Å². The number of nitrogens with one attached hydrogen (secondary N) is 1. The average Bonchev–Trinajstić information content (AvgIpc) is 2.23. The summed E-state index contributed by atoms with van der Waals surface area (Å²) in [6.07, 6.45) is -1.00. The summed E-state index contributed by atoms with van der Waals surface area (Å²) in [5.74, 6) is -0.237. The number of carbonyl (C=O) groups excluding carboxylic acids is 2. The predicted octanol–water partition coefficient (Wildman–Crippen LogP) is 0.971. The van der Waals surface area contributed by atoms with Gasteiger partial charge in [0.25, 0.3) is 0 Å². The van der Waals surface area contributed by atoms with E-state index in [1.165, 1.54) is 14.2 Å². The second-order valence-electron chi connectivity index (χ2n) is 3.61. The van der Waals surface area contributed by atoms with Gasteiger partial charge in [-0.2, -0.15) is 0 Å². The topological polar surface area (TPSA) is 64.6 Å². The highest BCUT2D eigenvalue weighted by Gasteiger charge is 2.28. The third-order valence-electron chi connectivity index (χ3n) is 2.18. The molecule has 88 valence electrons. The Hall–Kier alpha value is -1.10. The highest BCUT2D eigenvalue weighted by Crippen LogP contribution is 2.06. The molecule has 0 aromatic carbocycles. The van der Waals surface area contributed by atoms with Crippen LogP contribution < -0.4 is 5.32 Å². The molecule has 5 nitrogen and oxygen atoms in total. The lowest BCUT2D eigenvalue weighted by atomic mass is 9.98. The lowest BCUT2D eigenvalue weighted by Crippen LogP contribution is -2.49. The number of hydrogen-bond donors (Lipinski definition) is 1. The summed E-state index contributed by atoms with van der Waals surface area (Å²) < 4.78 is 9.49. The van der Waals surface area contributed by atoms with Crippen LogP contribution in [0.25, 0.3) is 0 Å². The molecule has 0 fully saturated rings. The molecule has 1 amide bonds. The fraction of sp³-hybridized carbons (Fsp3) is 0.800. The van der Waals surface area contributed by atoms with Gasteiger partial charge in [-0.05, 0) is 6.92 Å². The molecule has 0 radical (unpaired) electrons. The summed E-state index contributed by atoms with van der Waals surface area (Å²) >= 11 is 0. The number of alkyl carbamates (subject to hydrolysis) is 1.